The second kappa shape index (κ2) is 5.32. The van der Waals surface area contributed by atoms with E-state index in [-0.39, 0.29) is 18.9 Å². The Labute approximate surface area is 95.3 Å². The Kier molecular flexibility index (Phi) is 5.57. The van der Waals surface area contributed by atoms with Crippen LogP contribution in [0.3, 0.4) is 0 Å². The van der Waals surface area contributed by atoms with Crippen LogP contribution in [0.15, 0.2) is 22.7 Å². The molecule has 0 radical (unpaired) electrons. The SMILES string of the molecule is C[C@@H](C1C=CC=C1[Se-])N(C)C.[Li+]. The Bertz CT molecular complexity index is 199. The van der Waals surface area contributed by atoms with Crippen LogP contribution in [-0.2, 0) is 0 Å². The van der Waals surface area contributed by atoms with Gasteiger partial charge in [0.05, 0.1) is 0 Å². The molecule has 0 aromatic carbocycles. The first-order valence-electron chi connectivity index (χ1n) is 3.84. The molecule has 0 saturated carbocycles. The van der Waals surface area contributed by atoms with Gasteiger partial charge in [-0.25, -0.2) is 0 Å². The predicted octanol–water partition coefficient (Wildman–Crippen LogP) is -1.82. The van der Waals surface area contributed by atoms with Crippen molar-refractivity contribution in [2.75, 3.05) is 14.1 Å². The molecule has 1 unspecified atom stereocenters. The van der Waals surface area contributed by atoms with Crippen molar-refractivity contribution in [3.05, 3.63) is 22.7 Å². The molecule has 1 aliphatic rings. The zero-order chi connectivity index (χ0) is 8.43. The quantitative estimate of drug-likeness (QED) is 0.497. The second-order valence-electron chi connectivity index (χ2n) is 3.18. The maximum atomic E-state index is 3.10. The van der Waals surface area contributed by atoms with Gasteiger partial charge in [-0.05, 0) is 0 Å². The van der Waals surface area contributed by atoms with Crippen LogP contribution in [0, 0.1) is 5.92 Å². The van der Waals surface area contributed by atoms with Gasteiger partial charge in [0.25, 0.3) is 0 Å². The Morgan fingerprint density at radius 1 is 1.50 bits per heavy atom. The van der Waals surface area contributed by atoms with E-state index in [2.05, 4.69) is 60.2 Å². The van der Waals surface area contributed by atoms with E-state index in [0.717, 1.165) is 0 Å². The third-order valence-corrected chi connectivity index (χ3v) is 3.10. The zero-order valence-electron chi connectivity index (χ0n) is 8.24. The van der Waals surface area contributed by atoms with Crippen molar-refractivity contribution < 1.29 is 18.9 Å². The molecular formula is C9H14LiNSe. The van der Waals surface area contributed by atoms with E-state index in [1.807, 2.05) is 0 Å². The van der Waals surface area contributed by atoms with E-state index in [1.165, 1.54) is 4.47 Å². The summed E-state index contributed by atoms with van der Waals surface area (Å²) in [5.41, 5.74) is 0. The Hall–Kier alpha value is 0.557. The van der Waals surface area contributed by atoms with Crippen LogP contribution in [0.4, 0.5) is 0 Å². The molecule has 0 aliphatic heterocycles. The maximum absolute atomic E-state index is 3.10. The summed E-state index contributed by atoms with van der Waals surface area (Å²) >= 11 is 3.10. The fourth-order valence-corrected chi connectivity index (χ4v) is 1.94. The van der Waals surface area contributed by atoms with Crippen LogP contribution in [0.2, 0.25) is 0 Å². The monoisotopic (exact) mass is 223 g/mol. The fourth-order valence-electron chi connectivity index (χ4n) is 1.20. The van der Waals surface area contributed by atoms with Gasteiger partial charge in [0.2, 0.25) is 0 Å². The Morgan fingerprint density at radius 2 is 2.08 bits per heavy atom. The van der Waals surface area contributed by atoms with Gasteiger partial charge in [0.1, 0.15) is 0 Å². The van der Waals surface area contributed by atoms with Gasteiger partial charge >= 0.3 is 95.5 Å². The Morgan fingerprint density at radius 3 is 2.42 bits per heavy atom. The van der Waals surface area contributed by atoms with Crippen LogP contribution < -0.4 is 18.9 Å². The van der Waals surface area contributed by atoms with Gasteiger partial charge in [0.15, 0.2) is 0 Å². The van der Waals surface area contributed by atoms with Gasteiger partial charge in [-0.3, -0.25) is 0 Å². The minimum atomic E-state index is 0. The van der Waals surface area contributed by atoms with Gasteiger partial charge < -0.3 is 0 Å². The number of nitrogens with zero attached hydrogens (tertiary/aromatic N) is 1. The molecule has 1 nitrogen and oxygen atoms in total. The number of hydrogen-bond donors (Lipinski definition) is 0. The first kappa shape index (κ1) is 12.6. The van der Waals surface area contributed by atoms with Crippen molar-refractivity contribution in [2.24, 2.45) is 5.92 Å². The van der Waals surface area contributed by atoms with Crippen molar-refractivity contribution in [3.63, 3.8) is 0 Å². The zero-order valence-corrected chi connectivity index (χ0v) is 9.96. The van der Waals surface area contributed by atoms with E-state index in [1.54, 1.807) is 0 Å². The Balaban J connectivity index is 0.00000121. The van der Waals surface area contributed by atoms with E-state index in [0.29, 0.717) is 12.0 Å². The summed E-state index contributed by atoms with van der Waals surface area (Å²) in [5.74, 6) is 0.574. The molecule has 0 fully saturated rings. The van der Waals surface area contributed by atoms with Crippen molar-refractivity contribution in [1.29, 1.82) is 0 Å². The van der Waals surface area contributed by atoms with Crippen LogP contribution >= 0.6 is 0 Å². The van der Waals surface area contributed by atoms with E-state index >= 15 is 0 Å². The molecule has 2 atom stereocenters. The molecule has 0 N–H and O–H groups in total. The molecule has 62 valence electrons. The topological polar surface area (TPSA) is 3.24 Å². The first-order valence-corrected chi connectivity index (χ1v) is 4.70. The molecule has 0 bridgehead atoms. The smallest absolute Gasteiger partial charge is 1.00 e. The van der Waals surface area contributed by atoms with Crippen molar-refractivity contribution in [3.8, 4) is 0 Å². The molecule has 3 heteroatoms. The molecule has 0 amide bonds. The third kappa shape index (κ3) is 2.80. The molecular weight excluding hydrogens is 208 g/mol. The van der Waals surface area contributed by atoms with E-state index < -0.39 is 0 Å². The largest absolute Gasteiger partial charge is 1.00 e. The van der Waals surface area contributed by atoms with Crippen LogP contribution in [0.1, 0.15) is 6.92 Å². The molecule has 0 saturated heterocycles. The molecule has 0 aromatic heterocycles. The number of hydrogen-bond acceptors (Lipinski definition) is 1. The van der Waals surface area contributed by atoms with Crippen molar-refractivity contribution in [2.45, 2.75) is 13.0 Å². The molecule has 0 spiro atoms. The van der Waals surface area contributed by atoms with Gasteiger partial charge in [-0.15, -0.1) is 0 Å². The van der Waals surface area contributed by atoms with Crippen molar-refractivity contribution >= 4 is 16.0 Å². The molecule has 0 aromatic rings. The summed E-state index contributed by atoms with van der Waals surface area (Å²) in [6, 6.07) is 0.584. The molecule has 1 rings (SSSR count). The minimum absolute atomic E-state index is 0. The number of allylic oxidation sites excluding steroid dienone is 2. The van der Waals surface area contributed by atoms with Gasteiger partial charge in [-0.2, -0.15) is 0 Å². The summed E-state index contributed by atoms with van der Waals surface area (Å²) in [4.78, 5) is 2.24. The summed E-state index contributed by atoms with van der Waals surface area (Å²) < 4.78 is 1.35. The van der Waals surface area contributed by atoms with Crippen molar-refractivity contribution in [1.82, 2.24) is 4.90 Å². The fraction of sp³-hybridized carbons (Fsp3) is 0.556. The summed E-state index contributed by atoms with van der Waals surface area (Å²) in [7, 11) is 4.23. The van der Waals surface area contributed by atoms with Crippen LogP contribution in [0.5, 0.6) is 0 Å². The average molecular weight is 222 g/mol. The predicted molar refractivity (Wildman–Crippen MR) is 49.6 cm³/mol. The standard InChI is InChI=1S/C9H15NSe.Li/c1-7(10(2)3)8-5-4-6-9(8)11;/h4-8,11H,1-3H3;/q;+1/p-1/t7-,8?;/m0./s1. The van der Waals surface area contributed by atoms with Gasteiger partial charge in [0, 0.05) is 0 Å². The molecule has 0 heterocycles. The first-order chi connectivity index (χ1) is 5.13. The van der Waals surface area contributed by atoms with Crippen LogP contribution in [-0.4, -0.2) is 41.0 Å². The summed E-state index contributed by atoms with van der Waals surface area (Å²) in [6.45, 7) is 2.24. The summed E-state index contributed by atoms with van der Waals surface area (Å²) in [6.07, 6.45) is 6.51. The van der Waals surface area contributed by atoms with Gasteiger partial charge in [-0.1, -0.05) is 0 Å². The summed E-state index contributed by atoms with van der Waals surface area (Å²) in [5, 5.41) is 0. The molecule has 12 heavy (non-hydrogen) atoms. The van der Waals surface area contributed by atoms with Crippen LogP contribution in [0.25, 0.3) is 0 Å². The second-order valence-corrected chi connectivity index (χ2v) is 4.17. The van der Waals surface area contributed by atoms with E-state index in [4.69, 9.17) is 0 Å². The normalized spacial score (nSPS) is 23.7. The van der Waals surface area contributed by atoms with E-state index in [9.17, 15) is 0 Å². The average Bonchev–Trinajstić information content (AvgIpc) is 2.33. The number of rotatable bonds is 2. The third-order valence-electron chi connectivity index (χ3n) is 2.24. The maximum Gasteiger partial charge on any atom is 1.00 e. The molecule has 1 aliphatic carbocycles. The minimum Gasteiger partial charge on any atom is 1.00 e.